The standard InChI is InChI=1S/C16H22F2N2O3/c1-10(2)6-7-16(3,23)9-19-14(21)15(22)20-13-5-4-11(17)8-12(13)18/h4-5,8,10,23H,6-7,9H2,1-3H3,(H,19,21)(H,20,22). The second kappa shape index (κ2) is 8.01. The maximum Gasteiger partial charge on any atom is 0.313 e. The number of carbonyl (C=O) groups is 2. The lowest BCUT2D eigenvalue weighted by Gasteiger charge is -2.24. The molecule has 0 spiro atoms. The Hall–Kier alpha value is -2.02. The van der Waals surface area contributed by atoms with Crippen LogP contribution in [0.1, 0.15) is 33.6 Å². The summed E-state index contributed by atoms with van der Waals surface area (Å²) in [4.78, 5) is 23.3. The molecule has 128 valence electrons. The quantitative estimate of drug-likeness (QED) is 0.701. The minimum Gasteiger partial charge on any atom is -0.388 e. The molecule has 0 radical (unpaired) electrons. The number of rotatable bonds is 6. The van der Waals surface area contributed by atoms with Crippen molar-refractivity contribution in [1.29, 1.82) is 0 Å². The molecule has 23 heavy (non-hydrogen) atoms. The van der Waals surface area contributed by atoms with Crippen LogP contribution in [0.25, 0.3) is 0 Å². The van der Waals surface area contributed by atoms with Gasteiger partial charge in [0.1, 0.15) is 11.6 Å². The van der Waals surface area contributed by atoms with Crippen molar-refractivity contribution in [2.45, 2.75) is 39.2 Å². The lowest BCUT2D eigenvalue weighted by molar-refractivity contribution is -0.136. The fourth-order valence-electron chi connectivity index (χ4n) is 1.81. The van der Waals surface area contributed by atoms with Crippen LogP contribution in [0.15, 0.2) is 18.2 Å². The topological polar surface area (TPSA) is 78.4 Å². The van der Waals surface area contributed by atoms with E-state index in [2.05, 4.69) is 5.32 Å². The Morgan fingerprint density at radius 2 is 1.91 bits per heavy atom. The average molecular weight is 328 g/mol. The van der Waals surface area contributed by atoms with Crippen molar-refractivity contribution in [3.05, 3.63) is 29.8 Å². The molecule has 0 saturated heterocycles. The van der Waals surface area contributed by atoms with E-state index in [4.69, 9.17) is 0 Å². The van der Waals surface area contributed by atoms with Crippen LogP contribution < -0.4 is 10.6 Å². The van der Waals surface area contributed by atoms with Crippen LogP contribution in [-0.2, 0) is 9.59 Å². The van der Waals surface area contributed by atoms with Crippen LogP contribution in [0.5, 0.6) is 0 Å². The van der Waals surface area contributed by atoms with Crippen molar-refractivity contribution in [2.24, 2.45) is 5.92 Å². The van der Waals surface area contributed by atoms with Gasteiger partial charge in [0.25, 0.3) is 0 Å². The zero-order valence-electron chi connectivity index (χ0n) is 13.5. The molecule has 1 unspecified atom stereocenters. The summed E-state index contributed by atoms with van der Waals surface area (Å²) in [6.07, 6.45) is 1.25. The van der Waals surface area contributed by atoms with Crippen molar-refractivity contribution in [2.75, 3.05) is 11.9 Å². The number of nitrogens with one attached hydrogen (secondary N) is 2. The number of hydrogen-bond acceptors (Lipinski definition) is 3. The third-order valence-electron chi connectivity index (χ3n) is 3.28. The van der Waals surface area contributed by atoms with Crippen LogP contribution >= 0.6 is 0 Å². The third kappa shape index (κ3) is 6.73. The van der Waals surface area contributed by atoms with Crippen LogP contribution in [0.4, 0.5) is 14.5 Å². The van der Waals surface area contributed by atoms with Gasteiger partial charge in [-0.3, -0.25) is 9.59 Å². The molecule has 2 amide bonds. The Balaban J connectivity index is 2.52. The summed E-state index contributed by atoms with van der Waals surface area (Å²) in [6, 6.07) is 2.59. The SMILES string of the molecule is CC(C)CCC(C)(O)CNC(=O)C(=O)Nc1ccc(F)cc1F. The molecule has 0 aliphatic carbocycles. The molecule has 0 heterocycles. The average Bonchev–Trinajstić information content (AvgIpc) is 2.45. The summed E-state index contributed by atoms with van der Waals surface area (Å²) in [5.41, 5.74) is -1.43. The highest BCUT2D eigenvalue weighted by atomic mass is 19.1. The summed E-state index contributed by atoms with van der Waals surface area (Å²) in [6.45, 7) is 5.49. The van der Waals surface area contributed by atoms with Gasteiger partial charge in [-0.15, -0.1) is 0 Å². The van der Waals surface area contributed by atoms with E-state index in [1.807, 2.05) is 19.2 Å². The zero-order valence-corrected chi connectivity index (χ0v) is 13.5. The first-order valence-corrected chi connectivity index (χ1v) is 7.37. The van der Waals surface area contributed by atoms with Crippen LogP contribution in [0.2, 0.25) is 0 Å². The summed E-state index contributed by atoms with van der Waals surface area (Å²) in [5, 5.41) is 14.5. The highest BCUT2D eigenvalue weighted by molar-refractivity contribution is 6.39. The third-order valence-corrected chi connectivity index (χ3v) is 3.28. The van der Waals surface area contributed by atoms with Gasteiger partial charge in [0.05, 0.1) is 11.3 Å². The minimum absolute atomic E-state index is 0.0993. The predicted molar refractivity (Wildman–Crippen MR) is 82.7 cm³/mol. The molecule has 1 atom stereocenters. The zero-order chi connectivity index (χ0) is 17.6. The van der Waals surface area contributed by atoms with Gasteiger partial charge in [-0.1, -0.05) is 13.8 Å². The van der Waals surface area contributed by atoms with E-state index in [-0.39, 0.29) is 12.2 Å². The second-order valence-corrected chi connectivity index (χ2v) is 6.19. The Labute approximate surface area is 134 Å². The number of amides is 2. The lowest BCUT2D eigenvalue weighted by Crippen LogP contribution is -2.44. The van der Waals surface area contributed by atoms with E-state index in [0.717, 1.165) is 18.6 Å². The van der Waals surface area contributed by atoms with Gasteiger partial charge >= 0.3 is 11.8 Å². The fourth-order valence-corrected chi connectivity index (χ4v) is 1.81. The number of halogens is 2. The molecule has 5 nitrogen and oxygen atoms in total. The first-order chi connectivity index (χ1) is 10.6. The first-order valence-electron chi connectivity index (χ1n) is 7.37. The molecule has 7 heteroatoms. The lowest BCUT2D eigenvalue weighted by atomic mass is 9.95. The smallest absolute Gasteiger partial charge is 0.313 e. The monoisotopic (exact) mass is 328 g/mol. The molecule has 1 rings (SSSR count). The van der Waals surface area contributed by atoms with Gasteiger partial charge in [-0.25, -0.2) is 8.78 Å². The van der Waals surface area contributed by atoms with Crippen LogP contribution in [-0.4, -0.2) is 29.1 Å². The number of carbonyl (C=O) groups excluding carboxylic acids is 2. The van der Waals surface area contributed by atoms with Crippen molar-refractivity contribution in [3.63, 3.8) is 0 Å². The molecule has 0 bridgehead atoms. The van der Waals surface area contributed by atoms with Gasteiger partial charge in [0.15, 0.2) is 0 Å². The number of benzene rings is 1. The van der Waals surface area contributed by atoms with Crippen LogP contribution in [0.3, 0.4) is 0 Å². The van der Waals surface area contributed by atoms with E-state index in [1.54, 1.807) is 6.92 Å². The molecule has 0 aromatic heterocycles. The molecule has 1 aromatic carbocycles. The van der Waals surface area contributed by atoms with E-state index >= 15 is 0 Å². The summed E-state index contributed by atoms with van der Waals surface area (Å²) in [5.74, 6) is -3.45. The van der Waals surface area contributed by atoms with Gasteiger partial charge in [0.2, 0.25) is 0 Å². The first kappa shape index (κ1) is 19.0. The highest BCUT2D eigenvalue weighted by Crippen LogP contribution is 2.16. The van der Waals surface area contributed by atoms with Crippen molar-refractivity contribution in [1.82, 2.24) is 5.32 Å². The van der Waals surface area contributed by atoms with Crippen LogP contribution in [0, 0.1) is 17.6 Å². The van der Waals surface area contributed by atoms with Gasteiger partial charge in [-0.2, -0.15) is 0 Å². The predicted octanol–water partition coefficient (Wildman–Crippen LogP) is 2.21. The molecule has 0 fully saturated rings. The Morgan fingerprint density at radius 1 is 1.26 bits per heavy atom. The highest BCUT2D eigenvalue weighted by Gasteiger charge is 2.23. The molecule has 3 N–H and O–H groups in total. The Kier molecular flexibility index (Phi) is 6.62. The maximum absolute atomic E-state index is 13.4. The fraction of sp³-hybridized carbons (Fsp3) is 0.500. The molecule has 0 aliphatic heterocycles. The molecular weight excluding hydrogens is 306 g/mol. The number of aliphatic hydroxyl groups is 1. The van der Waals surface area contributed by atoms with Crippen molar-refractivity contribution >= 4 is 17.5 Å². The second-order valence-electron chi connectivity index (χ2n) is 6.19. The van der Waals surface area contributed by atoms with E-state index in [0.29, 0.717) is 18.4 Å². The van der Waals surface area contributed by atoms with Crippen molar-refractivity contribution < 1.29 is 23.5 Å². The Morgan fingerprint density at radius 3 is 2.48 bits per heavy atom. The van der Waals surface area contributed by atoms with E-state index in [1.165, 1.54) is 0 Å². The largest absolute Gasteiger partial charge is 0.388 e. The molecule has 0 aliphatic rings. The molecule has 0 saturated carbocycles. The summed E-state index contributed by atoms with van der Waals surface area (Å²) < 4.78 is 26.2. The van der Waals surface area contributed by atoms with Crippen molar-refractivity contribution in [3.8, 4) is 0 Å². The maximum atomic E-state index is 13.4. The normalized spacial score (nSPS) is 13.5. The molecular formula is C16H22F2N2O3. The number of anilines is 1. The van der Waals surface area contributed by atoms with Gasteiger partial charge in [-0.05, 0) is 37.8 Å². The molecule has 1 aromatic rings. The van der Waals surface area contributed by atoms with Gasteiger partial charge < -0.3 is 15.7 Å². The number of hydrogen-bond donors (Lipinski definition) is 3. The van der Waals surface area contributed by atoms with E-state index < -0.39 is 29.0 Å². The summed E-state index contributed by atoms with van der Waals surface area (Å²) in [7, 11) is 0. The minimum atomic E-state index is -1.14. The Bertz CT molecular complexity index is 574. The van der Waals surface area contributed by atoms with E-state index in [9.17, 15) is 23.5 Å². The summed E-state index contributed by atoms with van der Waals surface area (Å²) >= 11 is 0. The van der Waals surface area contributed by atoms with Gasteiger partial charge in [0, 0.05) is 12.6 Å².